The Labute approximate surface area is 112 Å². The van der Waals surface area contributed by atoms with Gasteiger partial charge >= 0.3 is 0 Å². The van der Waals surface area contributed by atoms with Gasteiger partial charge in [-0.25, -0.2) is 0 Å². The van der Waals surface area contributed by atoms with Crippen LogP contribution in [-0.4, -0.2) is 16.9 Å². The summed E-state index contributed by atoms with van der Waals surface area (Å²) in [4.78, 5) is 16.3. The SMILES string of the molecule is CC(C)Oc1cncc(C(=O)c2ccc(N)cc2)c1. The smallest absolute Gasteiger partial charge is 0.194 e. The topological polar surface area (TPSA) is 65.2 Å². The molecule has 0 aliphatic rings. The number of aromatic nitrogens is 1. The normalized spacial score (nSPS) is 10.5. The molecule has 4 heteroatoms. The van der Waals surface area contributed by atoms with Crippen molar-refractivity contribution < 1.29 is 9.53 Å². The van der Waals surface area contributed by atoms with Crippen LogP contribution in [0.15, 0.2) is 42.7 Å². The predicted molar refractivity (Wildman–Crippen MR) is 74.3 cm³/mol. The van der Waals surface area contributed by atoms with E-state index in [9.17, 15) is 4.79 Å². The van der Waals surface area contributed by atoms with Crippen molar-refractivity contribution in [1.82, 2.24) is 4.98 Å². The lowest BCUT2D eigenvalue weighted by Gasteiger charge is -2.10. The molecule has 0 unspecified atom stereocenters. The number of hydrogen-bond donors (Lipinski definition) is 1. The molecule has 0 bridgehead atoms. The number of hydrogen-bond acceptors (Lipinski definition) is 4. The van der Waals surface area contributed by atoms with Crippen LogP contribution in [0.4, 0.5) is 5.69 Å². The molecule has 1 aromatic heterocycles. The Morgan fingerprint density at radius 2 is 1.84 bits per heavy atom. The van der Waals surface area contributed by atoms with Crippen molar-refractivity contribution in [3.8, 4) is 5.75 Å². The van der Waals surface area contributed by atoms with Crippen LogP contribution in [0, 0.1) is 0 Å². The van der Waals surface area contributed by atoms with E-state index in [2.05, 4.69) is 4.98 Å². The van der Waals surface area contributed by atoms with Crippen molar-refractivity contribution in [1.29, 1.82) is 0 Å². The molecular weight excluding hydrogens is 240 g/mol. The van der Waals surface area contributed by atoms with E-state index in [4.69, 9.17) is 10.5 Å². The molecule has 0 radical (unpaired) electrons. The summed E-state index contributed by atoms with van der Waals surface area (Å²) in [5.74, 6) is 0.498. The second-order valence-electron chi connectivity index (χ2n) is 4.53. The van der Waals surface area contributed by atoms with Gasteiger partial charge in [-0.1, -0.05) is 0 Å². The van der Waals surface area contributed by atoms with Crippen molar-refractivity contribution in [2.24, 2.45) is 0 Å². The largest absolute Gasteiger partial charge is 0.489 e. The van der Waals surface area contributed by atoms with Crippen LogP contribution in [0.3, 0.4) is 0 Å². The molecule has 0 fully saturated rings. The lowest BCUT2D eigenvalue weighted by Crippen LogP contribution is -2.08. The minimum atomic E-state index is -0.0956. The zero-order chi connectivity index (χ0) is 13.8. The zero-order valence-electron chi connectivity index (χ0n) is 11.0. The van der Waals surface area contributed by atoms with Gasteiger partial charge in [0.1, 0.15) is 5.75 Å². The lowest BCUT2D eigenvalue weighted by atomic mass is 10.0. The number of carbonyl (C=O) groups is 1. The number of pyridine rings is 1. The number of ketones is 1. The van der Waals surface area contributed by atoms with Crippen LogP contribution in [0.5, 0.6) is 5.75 Å². The number of nitrogens with zero attached hydrogens (tertiary/aromatic N) is 1. The molecule has 0 saturated carbocycles. The highest BCUT2D eigenvalue weighted by Gasteiger charge is 2.10. The highest BCUT2D eigenvalue weighted by molar-refractivity contribution is 6.09. The first kappa shape index (κ1) is 13.1. The quantitative estimate of drug-likeness (QED) is 0.674. The number of nitrogens with two attached hydrogens (primary N) is 1. The van der Waals surface area contributed by atoms with Crippen molar-refractivity contribution in [3.05, 3.63) is 53.9 Å². The van der Waals surface area contributed by atoms with Crippen LogP contribution in [0.2, 0.25) is 0 Å². The molecule has 98 valence electrons. The Morgan fingerprint density at radius 3 is 2.47 bits per heavy atom. The molecule has 19 heavy (non-hydrogen) atoms. The lowest BCUT2D eigenvalue weighted by molar-refractivity contribution is 0.103. The summed E-state index contributed by atoms with van der Waals surface area (Å²) in [6, 6.07) is 8.51. The fourth-order valence-corrected chi connectivity index (χ4v) is 1.68. The number of nitrogen functional groups attached to an aromatic ring is 1. The molecule has 1 aromatic carbocycles. The summed E-state index contributed by atoms with van der Waals surface area (Å²) in [5, 5.41) is 0. The Morgan fingerprint density at radius 1 is 1.16 bits per heavy atom. The van der Waals surface area contributed by atoms with E-state index in [1.165, 1.54) is 6.20 Å². The number of ether oxygens (including phenoxy) is 1. The summed E-state index contributed by atoms with van der Waals surface area (Å²) in [6.45, 7) is 3.85. The summed E-state index contributed by atoms with van der Waals surface area (Å²) in [7, 11) is 0. The van der Waals surface area contributed by atoms with Gasteiger partial charge in [0.05, 0.1) is 12.3 Å². The first-order valence-electron chi connectivity index (χ1n) is 6.08. The highest BCUT2D eigenvalue weighted by Crippen LogP contribution is 2.17. The first-order valence-corrected chi connectivity index (χ1v) is 6.08. The van der Waals surface area contributed by atoms with Gasteiger partial charge < -0.3 is 10.5 Å². The molecule has 0 aliphatic heterocycles. The van der Waals surface area contributed by atoms with Crippen LogP contribution in [0.1, 0.15) is 29.8 Å². The van der Waals surface area contributed by atoms with Gasteiger partial charge in [-0.05, 0) is 44.2 Å². The Balaban J connectivity index is 2.26. The Hall–Kier alpha value is -2.36. The van der Waals surface area contributed by atoms with Gasteiger partial charge in [0, 0.05) is 23.0 Å². The van der Waals surface area contributed by atoms with E-state index in [1.54, 1.807) is 36.5 Å². The summed E-state index contributed by atoms with van der Waals surface area (Å²) >= 11 is 0. The monoisotopic (exact) mass is 256 g/mol. The average Bonchev–Trinajstić information content (AvgIpc) is 2.38. The maximum Gasteiger partial charge on any atom is 0.194 e. The standard InChI is InChI=1S/C15H16N2O2/c1-10(2)19-14-7-12(8-17-9-14)15(18)11-3-5-13(16)6-4-11/h3-10H,16H2,1-2H3. The van der Waals surface area contributed by atoms with Crippen molar-refractivity contribution >= 4 is 11.5 Å². The molecule has 0 saturated heterocycles. The fourth-order valence-electron chi connectivity index (χ4n) is 1.68. The first-order chi connectivity index (χ1) is 9.06. The van der Waals surface area contributed by atoms with Gasteiger partial charge in [-0.3, -0.25) is 9.78 Å². The van der Waals surface area contributed by atoms with E-state index in [-0.39, 0.29) is 11.9 Å². The fraction of sp³-hybridized carbons (Fsp3) is 0.200. The van der Waals surface area contributed by atoms with E-state index < -0.39 is 0 Å². The van der Waals surface area contributed by atoms with Gasteiger partial charge in [0.2, 0.25) is 0 Å². The van der Waals surface area contributed by atoms with E-state index in [0.29, 0.717) is 22.6 Å². The highest BCUT2D eigenvalue weighted by atomic mass is 16.5. The van der Waals surface area contributed by atoms with Gasteiger partial charge in [0.25, 0.3) is 0 Å². The minimum absolute atomic E-state index is 0.0451. The number of anilines is 1. The third-order valence-corrected chi connectivity index (χ3v) is 2.52. The molecule has 1 heterocycles. The Bertz CT molecular complexity index is 577. The summed E-state index contributed by atoms with van der Waals surface area (Å²) in [6.07, 6.45) is 3.18. The van der Waals surface area contributed by atoms with E-state index in [0.717, 1.165) is 0 Å². The van der Waals surface area contributed by atoms with E-state index in [1.807, 2.05) is 13.8 Å². The van der Waals surface area contributed by atoms with Crippen LogP contribution in [-0.2, 0) is 0 Å². The van der Waals surface area contributed by atoms with Crippen molar-refractivity contribution in [2.75, 3.05) is 5.73 Å². The zero-order valence-corrected chi connectivity index (χ0v) is 11.0. The minimum Gasteiger partial charge on any atom is -0.489 e. The second-order valence-corrected chi connectivity index (χ2v) is 4.53. The maximum atomic E-state index is 12.3. The van der Waals surface area contributed by atoms with Gasteiger partial charge in [-0.2, -0.15) is 0 Å². The van der Waals surface area contributed by atoms with Gasteiger partial charge in [0.15, 0.2) is 5.78 Å². The molecule has 2 rings (SSSR count). The molecule has 2 N–H and O–H groups in total. The molecule has 0 spiro atoms. The summed E-state index contributed by atoms with van der Waals surface area (Å²) in [5.41, 5.74) is 7.32. The molecular formula is C15H16N2O2. The molecule has 2 aromatic rings. The van der Waals surface area contributed by atoms with Gasteiger partial charge in [-0.15, -0.1) is 0 Å². The molecule has 4 nitrogen and oxygen atoms in total. The Kier molecular flexibility index (Phi) is 3.80. The van der Waals surface area contributed by atoms with Crippen LogP contribution in [0.25, 0.3) is 0 Å². The third-order valence-electron chi connectivity index (χ3n) is 2.52. The number of carbonyl (C=O) groups excluding carboxylic acids is 1. The van der Waals surface area contributed by atoms with Crippen LogP contribution >= 0.6 is 0 Å². The molecule has 0 aliphatic carbocycles. The maximum absolute atomic E-state index is 12.3. The second kappa shape index (κ2) is 5.52. The van der Waals surface area contributed by atoms with E-state index >= 15 is 0 Å². The molecule has 0 atom stereocenters. The van der Waals surface area contributed by atoms with Crippen molar-refractivity contribution in [2.45, 2.75) is 20.0 Å². The van der Waals surface area contributed by atoms with Crippen molar-refractivity contribution in [3.63, 3.8) is 0 Å². The number of benzene rings is 1. The third kappa shape index (κ3) is 3.31. The number of rotatable bonds is 4. The predicted octanol–water partition coefficient (Wildman–Crippen LogP) is 2.68. The average molecular weight is 256 g/mol. The van der Waals surface area contributed by atoms with Crippen LogP contribution < -0.4 is 10.5 Å². The summed E-state index contributed by atoms with van der Waals surface area (Å²) < 4.78 is 5.53. The molecule has 0 amide bonds.